The van der Waals surface area contributed by atoms with Crippen molar-refractivity contribution in [3.05, 3.63) is 18.2 Å². The molecule has 7 heteroatoms. The predicted octanol–water partition coefficient (Wildman–Crippen LogP) is 0.703. The first-order chi connectivity index (χ1) is 8.90. The summed E-state index contributed by atoms with van der Waals surface area (Å²) in [5.41, 5.74) is 0.666. The standard InChI is InChI=1S/C12H20N4O3/c1-8(2)6-16(3)12(19)15-10(11(17)18)4-9-5-13-7-14-9/h5,7-8,10H,4,6H2,1-3H3,(H,13,14)(H,15,19)(H,17,18). The second-order valence-electron chi connectivity index (χ2n) is 4.90. The minimum absolute atomic E-state index is 0.177. The van der Waals surface area contributed by atoms with Crippen molar-refractivity contribution in [3.63, 3.8) is 0 Å². The van der Waals surface area contributed by atoms with Crippen molar-refractivity contribution in [2.24, 2.45) is 5.92 Å². The highest BCUT2D eigenvalue weighted by atomic mass is 16.4. The zero-order valence-electron chi connectivity index (χ0n) is 11.4. The average molecular weight is 268 g/mol. The van der Waals surface area contributed by atoms with E-state index in [4.69, 9.17) is 5.11 Å². The molecule has 106 valence electrons. The molecule has 0 radical (unpaired) electrons. The maximum Gasteiger partial charge on any atom is 0.326 e. The maximum atomic E-state index is 11.8. The molecular weight excluding hydrogens is 248 g/mol. The van der Waals surface area contributed by atoms with Crippen LogP contribution < -0.4 is 5.32 Å². The molecule has 1 aromatic heterocycles. The molecule has 0 spiro atoms. The van der Waals surface area contributed by atoms with Crippen LogP contribution in [0.1, 0.15) is 19.5 Å². The van der Waals surface area contributed by atoms with Gasteiger partial charge in [0.2, 0.25) is 0 Å². The van der Waals surface area contributed by atoms with Crippen LogP contribution in [0, 0.1) is 5.92 Å². The molecule has 1 atom stereocenters. The van der Waals surface area contributed by atoms with Crippen molar-refractivity contribution in [3.8, 4) is 0 Å². The Bertz CT molecular complexity index is 417. The SMILES string of the molecule is CC(C)CN(C)C(=O)NC(Cc1cnc[nH]1)C(=O)O. The van der Waals surface area contributed by atoms with Crippen molar-refractivity contribution in [2.45, 2.75) is 26.3 Å². The van der Waals surface area contributed by atoms with E-state index in [1.807, 2.05) is 13.8 Å². The highest BCUT2D eigenvalue weighted by molar-refractivity contribution is 5.82. The van der Waals surface area contributed by atoms with Gasteiger partial charge in [0.1, 0.15) is 6.04 Å². The van der Waals surface area contributed by atoms with Crippen molar-refractivity contribution in [1.29, 1.82) is 0 Å². The van der Waals surface area contributed by atoms with Crippen LogP contribution in [0.3, 0.4) is 0 Å². The second-order valence-corrected chi connectivity index (χ2v) is 4.90. The monoisotopic (exact) mass is 268 g/mol. The van der Waals surface area contributed by atoms with E-state index in [0.717, 1.165) is 0 Å². The van der Waals surface area contributed by atoms with Crippen molar-refractivity contribution in [1.82, 2.24) is 20.2 Å². The molecule has 3 N–H and O–H groups in total. The molecule has 7 nitrogen and oxygen atoms in total. The van der Waals surface area contributed by atoms with Crippen molar-refractivity contribution < 1.29 is 14.7 Å². The van der Waals surface area contributed by atoms with E-state index >= 15 is 0 Å². The zero-order chi connectivity index (χ0) is 14.4. The molecule has 0 saturated carbocycles. The van der Waals surface area contributed by atoms with E-state index in [0.29, 0.717) is 18.2 Å². The first-order valence-electron chi connectivity index (χ1n) is 6.11. The smallest absolute Gasteiger partial charge is 0.326 e. The predicted molar refractivity (Wildman–Crippen MR) is 69.7 cm³/mol. The van der Waals surface area contributed by atoms with Crippen LogP contribution in [0.15, 0.2) is 12.5 Å². The number of hydrogen-bond donors (Lipinski definition) is 3. The number of urea groups is 1. The lowest BCUT2D eigenvalue weighted by Gasteiger charge is -2.22. The van der Waals surface area contributed by atoms with Gasteiger partial charge in [-0.25, -0.2) is 14.6 Å². The summed E-state index contributed by atoms with van der Waals surface area (Å²) in [6, 6.07) is -1.36. The van der Waals surface area contributed by atoms with Gasteiger partial charge in [-0.2, -0.15) is 0 Å². The summed E-state index contributed by atoms with van der Waals surface area (Å²) in [6.07, 6.45) is 3.19. The summed E-state index contributed by atoms with van der Waals surface area (Å²) < 4.78 is 0. The van der Waals surface area contributed by atoms with E-state index in [9.17, 15) is 9.59 Å². The number of carboxylic acids is 1. The Balaban J connectivity index is 2.58. The third-order valence-electron chi connectivity index (χ3n) is 2.56. The Morgan fingerprint density at radius 1 is 1.53 bits per heavy atom. The Labute approximate surface area is 112 Å². The van der Waals surface area contributed by atoms with Crippen LogP contribution in [0.4, 0.5) is 4.79 Å². The van der Waals surface area contributed by atoms with Gasteiger partial charge in [0.25, 0.3) is 0 Å². The first kappa shape index (κ1) is 15.0. The average Bonchev–Trinajstić information content (AvgIpc) is 2.79. The topological polar surface area (TPSA) is 98.3 Å². The van der Waals surface area contributed by atoms with E-state index in [1.165, 1.54) is 11.2 Å². The first-order valence-corrected chi connectivity index (χ1v) is 6.11. The Morgan fingerprint density at radius 3 is 2.68 bits per heavy atom. The number of carbonyl (C=O) groups is 2. The second kappa shape index (κ2) is 6.77. The van der Waals surface area contributed by atoms with Crippen LogP contribution in [0.25, 0.3) is 0 Å². The normalized spacial score (nSPS) is 12.2. The number of aromatic nitrogens is 2. The molecule has 2 amide bonds. The van der Waals surface area contributed by atoms with Gasteiger partial charge in [-0.05, 0) is 5.92 Å². The Morgan fingerprint density at radius 2 is 2.21 bits per heavy atom. The fraction of sp³-hybridized carbons (Fsp3) is 0.583. The molecule has 19 heavy (non-hydrogen) atoms. The third kappa shape index (κ3) is 4.99. The summed E-state index contributed by atoms with van der Waals surface area (Å²) in [5.74, 6) is -0.743. The summed E-state index contributed by atoms with van der Waals surface area (Å²) in [4.78, 5) is 31.1. The molecule has 1 unspecified atom stereocenters. The number of nitrogens with zero attached hydrogens (tertiary/aromatic N) is 2. The van der Waals surface area contributed by atoms with Crippen LogP contribution in [-0.4, -0.2) is 51.6 Å². The van der Waals surface area contributed by atoms with E-state index in [1.54, 1.807) is 13.2 Å². The van der Waals surface area contributed by atoms with Gasteiger partial charge in [-0.1, -0.05) is 13.8 Å². The maximum absolute atomic E-state index is 11.8. The number of H-pyrrole nitrogens is 1. The molecule has 1 rings (SSSR count). The highest BCUT2D eigenvalue weighted by Crippen LogP contribution is 2.01. The number of carbonyl (C=O) groups excluding carboxylic acids is 1. The van der Waals surface area contributed by atoms with Crippen molar-refractivity contribution in [2.75, 3.05) is 13.6 Å². The number of amides is 2. The number of imidazole rings is 1. The fourth-order valence-corrected chi connectivity index (χ4v) is 1.71. The van der Waals surface area contributed by atoms with Gasteiger partial charge in [0, 0.05) is 31.9 Å². The lowest BCUT2D eigenvalue weighted by atomic mass is 10.1. The Kier molecular flexibility index (Phi) is 5.35. The molecule has 0 bridgehead atoms. The molecule has 0 aliphatic carbocycles. The van der Waals surface area contributed by atoms with Gasteiger partial charge < -0.3 is 20.3 Å². The van der Waals surface area contributed by atoms with Gasteiger partial charge in [-0.15, -0.1) is 0 Å². The summed E-state index contributed by atoms with van der Waals surface area (Å²) in [6.45, 7) is 4.55. The van der Waals surface area contributed by atoms with Crippen LogP contribution in [0.5, 0.6) is 0 Å². The number of nitrogens with one attached hydrogen (secondary N) is 2. The number of carboxylic acid groups (broad SMARTS) is 1. The van der Waals surface area contributed by atoms with Gasteiger partial charge >= 0.3 is 12.0 Å². The van der Waals surface area contributed by atoms with Crippen LogP contribution in [0.2, 0.25) is 0 Å². The molecule has 0 aromatic carbocycles. The van der Waals surface area contributed by atoms with Gasteiger partial charge in [0.05, 0.1) is 6.33 Å². The van der Waals surface area contributed by atoms with E-state index < -0.39 is 12.0 Å². The molecular formula is C12H20N4O3. The molecule has 1 aromatic rings. The highest BCUT2D eigenvalue weighted by Gasteiger charge is 2.22. The van der Waals surface area contributed by atoms with Gasteiger partial charge in [-0.3, -0.25) is 0 Å². The summed E-state index contributed by atoms with van der Waals surface area (Å²) in [5, 5.41) is 11.6. The minimum Gasteiger partial charge on any atom is -0.480 e. The number of rotatable bonds is 6. The molecule has 0 aliphatic rings. The molecule has 0 aliphatic heterocycles. The minimum atomic E-state index is -1.07. The number of aliphatic carboxylic acids is 1. The number of hydrogen-bond acceptors (Lipinski definition) is 3. The van der Waals surface area contributed by atoms with Gasteiger partial charge in [0.15, 0.2) is 0 Å². The lowest BCUT2D eigenvalue weighted by molar-refractivity contribution is -0.139. The molecule has 0 fully saturated rings. The lowest BCUT2D eigenvalue weighted by Crippen LogP contribution is -2.48. The fourth-order valence-electron chi connectivity index (χ4n) is 1.71. The van der Waals surface area contributed by atoms with Crippen molar-refractivity contribution >= 4 is 12.0 Å². The molecule has 0 saturated heterocycles. The van der Waals surface area contributed by atoms with Crippen LogP contribution in [-0.2, 0) is 11.2 Å². The Hall–Kier alpha value is -2.05. The third-order valence-corrected chi connectivity index (χ3v) is 2.56. The van der Waals surface area contributed by atoms with Crippen LogP contribution >= 0.6 is 0 Å². The zero-order valence-corrected chi connectivity index (χ0v) is 11.4. The summed E-state index contributed by atoms with van der Waals surface area (Å²) in [7, 11) is 1.64. The summed E-state index contributed by atoms with van der Waals surface area (Å²) >= 11 is 0. The van der Waals surface area contributed by atoms with E-state index in [2.05, 4.69) is 15.3 Å². The quantitative estimate of drug-likeness (QED) is 0.707. The number of aromatic amines is 1. The molecule has 1 heterocycles. The van der Waals surface area contributed by atoms with E-state index in [-0.39, 0.29) is 12.5 Å². The largest absolute Gasteiger partial charge is 0.480 e.